The third-order valence-corrected chi connectivity index (χ3v) is 1.79. The van der Waals surface area contributed by atoms with E-state index in [4.69, 9.17) is 5.11 Å². The van der Waals surface area contributed by atoms with Crippen LogP contribution in [0.25, 0.3) is 0 Å². The summed E-state index contributed by atoms with van der Waals surface area (Å²) in [6.07, 6.45) is 9.90. The monoisotopic (exact) mass is 263 g/mol. The van der Waals surface area contributed by atoms with Crippen molar-refractivity contribution in [3.63, 3.8) is 0 Å². The minimum Gasteiger partial charge on any atom is -0.859 e. The number of carboxylic acid groups (broad SMARTS) is 1. The van der Waals surface area contributed by atoms with E-state index in [2.05, 4.69) is 24.1 Å². The van der Waals surface area contributed by atoms with Crippen molar-refractivity contribution in [2.75, 3.05) is 6.54 Å². The molecule has 0 aromatic carbocycles. The Bertz CT molecular complexity index is 285. The van der Waals surface area contributed by atoms with Crippen LogP contribution in [0.5, 0.6) is 0 Å². The largest absolute Gasteiger partial charge is 1.00 e. The van der Waals surface area contributed by atoms with Gasteiger partial charge >= 0.3 is 57.4 Å². The Morgan fingerprint density at radius 3 is 2.53 bits per heavy atom. The number of allylic oxidation sites excluding steroid dienone is 2. The first-order valence-corrected chi connectivity index (χ1v) is 5.44. The van der Waals surface area contributed by atoms with Crippen LogP contribution >= 0.6 is 0 Å². The second-order valence-corrected chi connectivity index (χ2v) is 3.29. The van der Waals surface area contributed by atoms with Crippen LogP contribution in [0.2, 0.25) is 0 Å². The molecular weight excluding hydrogens is 245 g/mol. The van der Waals surface area contributed by atoms with E-state index in [9.17, 15) is 9.90 Å². The van der Waals surface area contributed by atoms with Gasteiger partial charge in [-0.15, -0.1) is 0 Å². The minimum atomic E-state index is -1.13. The van der Waals surface area contributed by atoms with Crippen LogP contribution in [0.1, 0.15) is 32.6 Å². The topological polar surface area (TPSA) is 72.7 Å². The number of rotatable bonds is 8. The molecule has 5 heteroatoms. The molecule has 0 rings (SSSR count). The van der Waals surface area contributed by atoms with E-state index < -0.39 is 11.9 Å². The van der Waals surface area contributed by atoms with Crippen molar-refractivity contribution in [3.8, 4) is 0 Å². The third-order valence-electron chi connectivity index (χ3n) is 1.79. The Balaban J connectivity index is 0. The molecule has 0 aliphatic rings. The fourth-order valence-corrected chi connectivity index (χ4v) is 0.996. The standard InChI is InChI=1S/C12H19NO3.K/c1-2-3-4-5-6-7-10-13-11(14)8-9-12(15)16;/h4-5,8-9H,2-3,6-7,10H2,1H3,(H,13,14)(H,15,16);/q;+1/p-1/b5-4+,9-8+;. The summed E-state index contributed by atoms with van der Waals surface area (Å²) in [7, 11) is 0. The molecule has 90 valence electrons. The summed E-state index contributed by atoms with van der Waals surface area (Å²) < 4.78 is 0. The number of unbranched alkanes of at least 4 members (excludes halogenated alkanes) is 2. The van der Waals surface area contributed by atoms with Gasteiger partial charge < -0.3 is 15.2 Å². The number of hydrogen-bond acceptors (Lipinski definition) is 3. The fourth-order valence-electron chi connectivity index (χ4n) is 0.996. The van der Waals surface area contributed by atoms with Crippen molar-refractivity contribution >= 4 is 11.9 Å². The van der Waals surface area contributed by atoms with Gasteiger partial charge in [0.2, 0.25) is 0 Å². The Hall–Kier alpha value is 0.0564. The van der Waals surface area contributed by atoms with Crippen molar-refractivity contribution in [1.29, 1.82) is 0 Å². The average molecular weight is 263 g/mol. The van der Waals surface area contributed by atoms with E-state index in [0.717, 1.165) is 37.8 Å². The van der Waals surface area contributed by atoms with Crippen LogP contribution in [0.4, 0.5) is 0 Å². The molecule has 0 aliphatic heterocycles. The van der Waals surface area contributed by atoms with Gasteiger partial charge in [-0.2, -0.15) is 0 Å². The molecule has 0 atom stereocenters. The number of carbonyl (C=O) groups is 1. The van der Waals surface area contributed by atoms with Gasteiger partial charge in [0, 0.05) is 12.6 Å². The molecule has 0 heterocycles. The molecule has 0 bridgehead atoms. The van der Waals surface area contributed by atoms with Crippen LogP contribution < -0.4 is 56.5 Å². The summed E-state index contributed by atoms with van der Waals surface area (Å²) >= 11 is 0. The molecule has 0 radical (unpaired) electrons. The molecule has 0 unspecified atom stereocenters. The predicted octanol–water partition coefficient (Wildman–Crippen LogP) is -1.47. The van der Waals surface area contributed by atoms with Gasteiger partial charge in [0.25, 0.3) is 0 Å². The first-order valence-electron chi connectivity index (χ1n) is 5.44. The quantitative estimate of drug-likeness (QED) is 0.145. The normalized spacial score (nSPS) is 11.9. The maximum atomic E-state index is 10.9. The SMILES string of the molecule is CCC/C=C/CCCN=C([O-])/C=C/C(=O)O.[K+]. The summed E-state index contributed by atoms with van der Waals surface area (Å²) in [4.78, 5) is 13.8. The van der Waals surface area contributed by atoms with Crippen LogP contribution in [-0.4, -0.2) is 23.5 Å². The first kappa shape index (κ1) is 19.4. The van der Waals surface area contributed by atoms with Crippen molar-refractivity contribution < 1.29 is 66.4 Å². The Morgan fingerprint density at radius 1 is 1.29 bits per heavy atom. The maximum Gasteiger partial charge on any atom is 1.00 e. The zero-order valence-electron chi connectivity index (χ0n) is 10.6. The van der Waals surface area contributed by atoms with E-state index in [1.54, 1.807) is 0 Å². The van der Waals surface area contributed by atoms with E-state index in [1.165, 1.54) is 0 Å². The summed E-state index contributed by atoms with van der Waals surface area (Å²) in [6, 6.07) is 0. The molecule has 0 aliphatic carbocycles. The van der Waals surface area contributed by atoms with Gasteiger partial charge in [-0.25, -0.2) is 4.79 Å². The molecule has 0 saturated carbocycles. The van der Waals surface area contributed by atoms with E-state index in [1.807, 2.05) is 0 Å². The number of aliphatic carboxylic acids is 1. The predicted molar refractivity (Wildman–Crippen MR) is 62.4 cm³/mol. The molecule has 17 heavy (non-hydrogen) atoms. The summed E-state index contributed by atoms with van der Waals surface area (Å²) in [5.41, 5.74) is 0. The van der Waals surface area contributed by atoms with Crippen molar-refractivity contribution in [1.82, 2.24) is 0 Å². The Labute approximate surface area is 145 Å². The van der Waals surface area contributed by atoms with Crippen LogP contribution in [0.3, 0.4) is 0 Å². The van der Waals surface area contributed by atoms with E-state index in [-0.39, 0.29) is 51.4 Å². The molecule has 0 fully saturated rings. The number of hydrogen-bond donors (Lipinski definition) is 1. The average Bonchev–Trinajstić information content (AvgIpc) is 2.25. The molecule has 1 N–H and O–H groups in total. The van der Waals surface area contributed by atoms with Crippen LogP contribution in [0.15, 0.2) is 29.3 Å². The van der Waals surface area contributed by atoms with Gasteiger partial charge in [-0.05, 0) is 31.2 Å². The van der Waals surface area contributed by atoms with Gasteiger partial charge in [-0.1, -0.05) is 25.5 Å². The first-order chi connectivity index (χ1) is 7.66. The molecule has 0 amide bonds. The smallest absolute Gasteiger partial charge is 0.859 e. The summed E-state index contributed by atoms with van der Waals surface area (Å²) in [5, 5.41) is 19.2. The molecule has 4 nitrogen and oxygen atoms in total. The molecule has 0 spiro atoms. The molecule has 0 saturated heterocycles. The van der Waals surface area contributed by atoms with Crippen molar-refractivity contribution in [2.45, 2.75) is 32.6 Å². The zero-order chi connectivity index (χ0) is 12.2. The summed E-state index contributed by atoms with van der Waals surface area (Å²) in [6.45, 7) is 2.56. The molecule has 0 aromatic rings. The van der Waals surface area contributed by atoms with E-state index >= 15 is 0 Å². The number of aliphatic imine (C=N–C) groups is 1. The van der Waals surface area contributed by atoms with Gasteiger partial charge in [0.1, 0.15) is 0 Å². The van der Waals surface area contributed by atoms with Crippen molar-refractivity contribution in [3.05, 3.63) is 24.3 Å². The Kier molecular flexibility index (Phi) is 16.1. The fraction of sp³-hybridized carbons (Fsp3) is 0.500. The second-order valence-electron chi connectivity index (χ2n) is 3.29. The number of carboxylic acids is 1. The number of nitrogens with zero attached hydrogens (tertiary/aromatic N) is 1. The van der Waals surface area contributed by atoms with Crippen LogP contribution in [-0.2, 0) is 4.79 Å². The Morgan fingerprint density at radius 2 is 1.94 bits per heavy atom. The molecular formula is C12H18KNO3. The minimum absolute atomic E-state index is 0. The maximum absolute atomic E-state index is 10.9. The summed E-state index contributed by atoms with van der Waals surface area (Å²) in [5.74, 6) is -1.62. The van der Waals surface area contributed by atoms with Gasteiger partial charge in [0.15, 0.2) is 0 Å². The van der Waals surface area contributed by atoms with Gasteiger partial charge in [0.05, 0.1) is 0 Å². The zero-order valence-corrected chi connectivity index (χ0v) is 13.7. The molecule has 0 aromatic heterocycles. The van der Waals surface area contributed by atoms with Gasteiger partial charge in [-0.3, -0.25) is 0 Å². The second kappa shape index (κ2) is 14.1. The van der Waals surface area contributed by atoms with Crippen LogP contribution in [0, 0.1) is 0 Å². The van der Waals surface area contributed by atoms with Crippen molar-refractivity contribution in [2.24, 2.45) is 4.99 Å². The van der Waals surface area contributed by atoms with E-state index in [0.29, 0.717) is 6.54 Å². The third kappa shape index (κ3) is 16.1.